The number of H-pyrrole nitrogens is 4. The van der Waals surface area contributed by atoms with Crippen LogP contribution in [0.1, 0.15) is 0 Å². The maximum Gasteiger partial charge on any atom is 0.182 e. The monoisotopic (exact) mass is 825 g/mol. The first-order valence-corrected chi connectivity index (χ1v) is 19.7. The van der Waals surface area contributed by atoms with Crippen LogP contribution in [0.15, 0.2) is 190 Å². The molecule has 0 aliphatic carbocycles. The maximum absolute atomic E-state index is 4.46. The van der Waals surface area contributed by atoms with Crippen molar-refractivity contribution in [2.45, 2.75) is 0 Å². The lowest BCUT2D eigenvalue weighted by atomic mass is 10.2. The van der Waals surface area contributed by atoms with E-state index < -0.39 is 0 Å². The third kappa shape index (κ3) is 8.28. The van der Waals surface area contributed by atoms with E-state index in [4.69, 9.17) is 0 Å². The molecule has 0 radical (unpaired) electrons. The average molecular weight is 826 g/mol. The summed E-state index contributed by atoms with van der Waals surface area (Å²) >= 11 is 0. The summed E-state index contributed by atoms with van der Waals surface area (Å²) in [6, 6.07) is 35.9. The minimum absolute atomic E-state index is 0.576. The molecule has 0 bridgehead atoms. The average Bonchev–Trinajstić information content (AvgIpc) is 4.21. The van der Waals surface area contributed by atoms with Gasteiger partial charge in [-0.2, -0.15) is 10.2 Å². The van der Waals surface area contributed by atoms with Gasteiger partial charge >= 0.3 is 0 Å². The van der Waals surface area contributed by atoms with Crippen molar-refractivity contribution in [3.8, 4) is 22.9 Å². The Morgan fingerprint density at radius 2 is 1.17 bits per heavy atom. The molecule has 4 N–H and O–H groups in total. The van der Waals surface area contributed by atoms with Crippen LogP contribution in [0.4, 0.5) is 0 Å². The molecular weight excluding hydrogens is 791 g/mol. The Balaban J connectivity index is 0.0000000975. The summed E-state index contributed by atoms with van der Waals surface area (Å²) < 4.78 is 5.99. The molecule has 17 nitrogen and oxygen atoms in total. The van der Waals surface area contributed by atoms with E-state index >= 15 is 0 Å². The SMILES string of the molecule is c1ccc2[nH]ncc2c1.c1ccc2c(-c3ncc4[nH]cnc4n3)n[nH]c2c1.c1ccn2ccc(-c3ncc4[nH]cnc4n3)c2c1.c1ccn2ccnc2c1.c1ccn2cncc2c1. The molecule has 14 aromatic rings. The molecule has 17 heteroatoms. The van der Waals surface area contributed by atoms with Gasteiger partial charge in [0.05, 0.1) is 65.8 Å². The summed E-state index contributed by atoms with van der Waals surface area (Å²) in [5.74, 6) is 1.27. The fourth-order valence-corrected chi connectivity index (χ4v) is 6.71. The van der Waals surface area contributed by atoms with Crippen molar-refractivity contribution >= 4 is 60.8 Å². The van der Waals surface area contributed by atoms with Crippen LogP contribution >= 0.6 is 0 Å². The maximum atomic E-state index is 4.46. The van der Waals surface area contributed by atoms with E-state index in [2.05, 4.69) is 70.2 Å². The molecule has 0 amide bonds. The summed E-state index contributed by atoms with van der Waals surface area (Å²) in [5.41, 5.74) is 10.1. The van der Waals surface area contributed by atoms with Gasteiger partial charge in [-0.15, -0.1) is 0 Å². The van der Waals surface area contributed by atoms with Crippen LogP contribution in [0.25, 0.3) is 83.7 Å². The molecule has 12 heterocycles. The first kappa shape index (κ1) is 37.9. The zero-order valence-corrected chi connectivity index (χ0v) is 33.2. The van der Waals surface area contributed by atoms with E-state index in [1.807, 2.05) is 166 Å². The van der Waals surface area contributed by atoms with Gasteiger partial charge in [0.15, 0.2) is 22.9 Å². The van der Waals surface area contributed by atoms with E-state index in [1.54, 1.807) is 37.6 Å². The van der Waals surface area contributed by atoms with Gasteiger partial charge in [-0.05, 0) is 54.6 Å². The van der Waals surface area contributed by atoms with Crippen molar-refractivity contribution in [1.82, 2.24) is 83.4 Å². The fraction of sp³-hybridized carbons (Fsp3) is 0. The van der Waals surface area contributed by atoms with Crippen LogP contribution in [0.2, 0.25) is 0 Å². The Morgan fingerprint density at radius 1 is 0.476 bits per heavy atom. The van der Waals surface area contributed by atoms with Crippen molar-refractivity contribution in [1.29, 1.82) is 0 Å². The number of aromatic nitrogens is 17. The second-order valence-electron chi connectivity index (χ2n) is 13.8. The number of para-hydroxylation sites is 2. The van der Waals surface area contributed by atoms with Gasteiger partial charge in [0.1, 0.15) is 22.4 Å². The summed E-state index contributed by atoms with van der Waals surface area (Å²) in [6.45, 7) is 0. The molecule has 0 aliphatic rings. The van der Waals surface area contributed by atoms with E-state index in [0.29, 0.717) is 22.9 Å². The van der Waals surface area contributed by atoms with Gasteiger partial charge in [-0.25, -0.2) is 39.9 Å². The van der Waals surface area contributed by atoms with Crippen LogP contribution in [-0.4, -0.2) is 83.4 Å². The number of fused-ring (bicyclic) bond motifs is 7. The Bertz CT molecular complexity index is 3300. The number of pyridine rings is 3. The third-order valence-electron chi connectivity index (χ3n) is 9.81. The molecule has 0 saturated carbocycles. The Labute approximate surface area is 356 Å². The Hall–Kier alpha value is -9.38. The Morgan fingerprint density at radius 3 is 1.98 bits per heavy atom. The van der Waals surface area contributed by atoms with E-state index in [1.165, 1.54) is 0 Å². The van der Waals surface area contributed by atoms with Crippen LogP contribution in [0, 0.1) is 0 Å². The normalized spacial score (nSPS) is 10.9. The number of aromatic amines is 4. The summed E-state index contributed by atoms with van der Waals surface area (Å²) in [6.07, 6.45) is 23.8. The first-order valence-electron chi connectivity index (χ1n) is 19.7. The number of nitrogens with one attached hydrogen (secondary N) is 4. The molecule has 12 aromatic heterocycles. The zero-order valence-electron chi connectivity index (χ0n) is 33.2. The van der Waals surface area contributed by atoms with Crippen molar-refractivity contribution < 1.29 is 0 Å². The van der Waals surface area contributed by atoms with Gasteiger partial charge in [-0.1, -0.05) is 54.6 Å². The van der Waals surface area contributed by atoms with E-state index in [9.17, 15) is 0 Å². The summed E-state index contributed by atoms with van der Waals surface area (Å²) in [7, 11) is 0. The van der Waals surface area contributed by atoms with E-state index in [0.717, 1.165) is 60.8 Å². The lowest BCUT2D eigenvalue weighted by Crippen LogP contribution is -1.90. The van der Waals surface area contributed by atoms with Gasteiger partial charge in [0.25, 0.3) is 0 Å². The molecule has 0 unspecified atom stereocenters. The van der Waals surface area contributed by atoms with Crippen molar-refractivity contribution in [3.63, 3.8) is 0 Å². The molecule has 63 heavy (non-hydrogen) atoms. The lowest BCUT2D eigenvalue weighted by Gasteiger charge is -1.98. The van der Waals surface area contributed by atoms with Crippen molar-refractivity contribution in [3.05, 3.63) is 190 Å². The van der Waals surface area contributed by atoms with Crippen LogP contribution in [0.3, 0.4) is 0 Å². The van der Waals surface area contributed by atoms with Crippen LogP contribution in [0.5, 0.6) is 0 Å². The molecule has 0 fully saturated rings. The number of benzene rings is 2. The number of imidazole rings is 4. The highest BCUT2D eigenvalue weighted by Crippen LogP contribution is 2.25. The number of nitrogens with zero attached hydrogens (tertiary/aromatic N) is 13. The number of hydrogen-bond acceptors (Lipinski definition) is 10. The Kier molecular flexibility index (Phi) is 10.5. The first-order chi connectivity index (χ1) is 31.2. The van der Waals surface area contributed by atoms with Crippen molar-refractivity contribution in [2.75, 3.05) is 0 Å². The molecule has 0 saturated heterocycles. The lowest BCUT2D eigenvalue weighted by molar-refractivity contribution is 1.09. The van der Waals surface area contributed by atoms with Crippen LogP contribution in [-0.2, 0) is 0 Å². The smallest absolute Gasteiger partial charge is 0.182 e. The standard InChI is InChI=1S/C13H9N5.C12H8N6.3C7H6N2/c1-2-5-18-6-4-9(11(18)3-1)12-14-7-10-13(17-12)16-8-15-10;1-2-4-8-7(3-1)10(18-17-8)12-13-5-9-11(16-12)15-6-14-9;1-2-5-9-6-4-8-7(9)3-1;1-2-4-9-6-8-5-7(9)3-1;1-2-4-7-6(3-1)5-8-9-7/h1-8H,(H,14,15,16,17);1-6H,(H,17,18)(H,13,14,15,16);2*1-6H;1-5H,(H,8,9). The summed E-state index contributed by atoms with van der Waals surface area (Å²) in [4.78, 5) is 39.8. The van der Waals surface area contributed by atoms with Gasteiger partial charge < -0.3 is 23.2 Å². The molecule has 304 valence electrons. The predicted octanol–water partition coefficient (Wildman–Crippen LogP) is 8.40. The topological polar surface area (TPSA) is 205 Å². The minimum Gasteiger partial charge on any atom is -0.342 e. The van der Waals surface area contributed by atoms with Crippen molar-refractivity contribution in [2.24, 2.45) is 0 Å². The van der Waals surface area contributed by atoms with Gasteiger partial charge in [-0.3, -0.25) is 10.2 Å². The minimum atomic E-state index is 0.576. The largest absolute Gasteiger partial charge is 0.342 e. The molecule has 2 aromatic carbocycles. The molecule has 0 spiro atoms. The highest BCUT2D eigenvalue weighted by atomic mass is 15.1. The zero-order chi connectivity index (χ0) is 42.2. The molecule has 0 atom stereocenters. The molecular formula is C46H35N17. The van der Waals surface area contributed by atoms with Crippen LogP contribution < -0.4 is 0 Å². The predicted molar refractivity (Wildman–Crippen MR) is 241 cm³/mol. The highest BCUT2D eigenvalue weighted by Gasteiger charge is 2.12. The summed E-state index contributed by atoms with van der Waals surface area (Å²) in [5, 5.41) is 16.2. The number of rotatable bonds is 2. The van der Waals surface area contributed by atoms with Gasteiger partial charge in [0, 0.05) is 53.5 Å². The third-order valence-corrected chi connectivity index (χ3v) is 9.81. The second kappa shape index (κ2) is 17.5. The second-order valence-corrected chi connectivity index (χ2v) is 13.8. The fourth-order valence-electron chi connectivity index (χ4n) is 6.71. The van der Waals surface area contributed by atoms with Gasteiger partial charge in [0.2, 0.25) is 0 Å². The number of hydrogen-bond donors (Lipinski definition) is 4. The highest BCUT2D eigenvalue weighted by molar-refractivity contribution is 5.91. The van der Waals surface area contributed by atoms with E-state index in [-0.39, 0.29) is 0 Å². The molecule has 14 rings (SSSR count). The quantitative estimate of drug-likeness (QED) is 0.131. The molecule has 0 aliphatic heterocycles.